The quantitative estimate of drug-likeness (QED) is 0.850. The zero-order valence-electron chi connectivity index (χ0n) is 13.8. The number of carbonyl (C=O) groups is 2. The van der Waals surface area contributed by atoms with E-state index in [-0.39, 0.29) is 5.69 Å². The van der Waals surface area contributed by atoms with E-state index in [2.05, 4.69) is 5.32 Å². The molecular weight excluding hydrogens is 319 g/mol. The second-order valence-electron chi connectivity index (χ2n) is 6.35. The van der Waals surface area contributed by atoms with Gasteiger partial charge in [0.05, 0.1) is 17.2 Å². The van der Waals surface area contributed by atoms with Crippen LogP contribution in [0.25, 0.3) is 0 Å². The molecule has 1 N–H and O–H groups in total. The first kappa shape index (κ1) is 16.8. The van der Waals surface area contributed by atoms with E-state index >= 15 is 0 Å². The zero-order valence-corrected chi connectivity index (χ0v) is 13.8. The van der Waals surface area contributed by atoms with Crippen molar-refractivity contribution in [1.29, 1.82) is 5.26 Å². The van der Waals surface area contributed by atoms with Crippen molar-refractivity contribution >= 4 is 17.4 Å². The van der Waals surface area contributed by atoms with Crippen molar-refractivity contribution < 1.29 is 14.0 Å². The number of hydrogen-bond acceptors (Lipinski definition) is 3. The highest BCUT2D eigenvalue weighted by atomic mass is 19.1. The summed E-state index contributed by atoms with van der Waals surface area (Å²) in [6.45, 7) is 1.93. The third kappa shape index (κ3) is 3.16. The maximum Gasteiger partial charge on any atom is 0.249 e. The van der Waals surface area contributed by atoms with Gasteiger partial charge in [0.2, 0.25) is 5.91 Å². The molecule has 0 aliphatic heterocycles. The molecule has 0 bridgehead atoms. The van der Waals surface area contributed by atoms with Gasteiger partial charge in [-0.15, -0.1) is 0 Å². The fourth-order valence-corrected chi connectivity index (χ4v) is 3.03. The number of nitrogens with zero attached hydrogens (tertiary/aromatic N) is 1. The third-order valence-electron chi connectivity index (χ3n) is 4.58. The van der Waals surface area contributed by atoms with Gasteiger partial charge in [0, 0.05) is 0 Å². The van der Waals surface area contributed by atoms with Crippen molar-refractivity contribution in [2.75, 3.05) is 5.32 Å². The summed E-state index contributed by atoms with van der Waals surface area (Å²) < 4.78 is 13.7. The van der Waals surface area contributed by atoms with E-state index in [0.29, 0.717) is 12.8 Å². The molecule has 126 valence electrons. The number of benzene rings is 2. The summed E-state index contributed by atoms with van der Waals surface area (Å²) in [5.74, 6) is -3.30. The second-order valence-corrected chi connectivity index (χ2v) is 6.35. The summed E-state index contributed by atoms with van der Waals surface area (Å²) in [7, 11) is 0. The van der Waals surface area contributed by atoms with Crippen LogP contribution in [0.4, 0.5) is 10.1 Å². The van der Waals surface area contributed by atoms with Crippen molar-refractivity contribution in [2.24, 2.45) is 5.92 Å². The molecular formula is C20H17FN2O2. The highest BCUT2D eigenvalue weighted by molar-refractivity contribution is 6.13. The molecule has 0 aromatic heterocycles. The third-order valence-corrected chi connectivity index (χ3v) is 4.58. The molecule has 1 saturated carbocycles. The van der Waals surface area contributed by atoms with Gasteiger partial charge in [-0.05, 0) is 37.5 Å². The van der Waals surface area contributed by atoms with Crippen molar-refractivity contribution in [3.05, 3.63) is 65.5 Å². The van der Waals surface area contributed by atoms with E-state index in [9.17, 15) is 19.2 Å². The Kier molecular flexibility index (Phi) is 4.37. The average Bonchev–Trinajstić information content (AvgIpc) is 3.39. The number of hydrogen-bond donors (Lipinski definition) is 1. The SMILES string of the molecule is Cc1cccc(C2(C(=O)[C@@H](C#N)C(=O)Nc3ccccc3F)CC2)c1. The van der Waals surface area contributed by atoms with E-state index in [4.69, 9.17) is 0 Å². The molecule has 1 aliphatic carbocycles. The maximum absolute atomic E-state index is 13.7. The number of aryl methyl sites for hydroxylation is 1. The Balaban J connectivity index is 1.84. The molecule has 0 saturated heterocycles. The summed E-state index contributed by atoms with van der Waals surface area (Å²) in [6, 6.07) is 15.0. The molecule has 0 spiro atoms. The predicted octanol–water partition coefficient (Wildman–Crippen LogP) is 3.51. The number of anilines is 1. The Bertz CT molecular complexity index is 881. The van der Waals surface area contributed by atoms with Crippen molar-refractivity contribution in [2.45, 2.75) is 25.2 Å². The van der Waals surface area contributed by atoms with Crippen LogP contribution in [0, 0.1) is 30.0 Å². The first-order chi connectivity index (χ1) is 12.0. The first-order valence-electron chi connectivity index (χ1n) is 8.04. The molecule has 1 aliphatic rings. The molecule has 0 unspecified atom stereocenters. The van der Waals surface area contributed by atoms with Gasteiger partial charge in [-0.25, -0.2) is 4.39 Å². The lowest BCUT2D eigenvalue weighted by Gasteiger charge is -2.18. The topological polar surface area (TPSA) is 70.0 Å². The van der Waals surface area contributed by atoms with E-state index < -0.39 is 28.8 Å². The van der Waals surface area contributed by atoms with Crippen LogP contribution in [0.2, 0.25) is 0 Å². The fourth-order valence-electron chi connectivity index (χ4n) is 3.03. The lowest BCUT2D eigenvalue weighted by molar-refractivity contribution is -0.130. The Labute approximate surface area is 145 Å². The minimum Gasteiger partial charge on any atom is -0.322 e. The van der Waals surface area contributed by atoms with Crippen LogP contribution in [-0.2, 0) is 15.0 Å². The summed E-state index contributed by atoms with van der Waals surface area (Å²) in [5, 5.41) is 11.7. The number of carbonyl (C=O) groups excluding carboxylic acids is 2. The predicted molar refractivity (Wildman–Crippen MR) is 91.2 cm³/mol. The number of ketones is 1. The Morgan fingerprint density at radius 1 is 1.20 bits per heavy atom. The fraction of sp³-hybridized carbons (Fsp3) is 0.250. The monoisotopic (exact) mass is 336 g/mol. The minimum absolute atomic E-state index is 0.0408. The number of Topliss-reactive ketones (excluding diaryl/α,β-unsaturated/α-hetero) is 1. The highest BCUT2D eigenvalue weighted by Crippen LogP contribution is 2.50. The molecule has 0 radical (unpaired) electrons. The van der Waals surface area contributed by atoms with E-state index in [1.165, 1.54) is 18.2 Å². The summed E-state index contributed by atoms with van der Waals surface area (Å²) in [6.07, 6.45) is 1.22. The molecule has 1 atom stereocenters. The maximum atomic E-state index is 13.7. The Hall–Kier alpha value is -3.00. The molecule has 3 rings (SSSR count). The summed E-state index contributed by atoms with van der Waals surface area (Å²) in [5.41, 5.74) is 1.03. The number of halogens is 1. The molecule has 2 aromatic carbocycles. The van der Waals surface area contributed by atoms with Gasteiger partial charge in [-0.1, -0.05) is 42.0 Å². The van der Waals surface area contributed by atoms with E-state index in [0.717, 1.165) is 11.1 Å². The van der Waals surface area contributed by atoms with E-state index in [1.54, 1.807) is 12.1 Å². The van der Waals surface area contributed by atoms with Crippen molar-refractivity contribution in [3.8, 4) is 6.07 Å². The van der Waals surface area contributed by atoms with Crippen LogP contribution in [0.5, 0.6) is 0 Å². The number of rotatable bonds is 5. The average molecular weight is 336 g/mol. The molecule has 1 amide bonds. The molecule has 2 aromatic rings. The number of nitriles is 1. The molecule has 4 nitrogen and oxygen atoms in total. The van der Waals surface area contributed by atoms with Crippen LogP contribution < -0.4 is 5.32 Å². The lowest BCUT2D eigenvalue weighted by atomic mass is 9.84. The van der Waals surface area contributed by atoms with Crippen LogP contribution in [0.1, 0.15) is 24.0 Å². The largest absolute Gasteiger partial charge is 0.322 e. The van der Waals surface area contributed by atoms with Gasteiger partial charge in [-0.2, -0.15) is 5.26 Å². The van der Waals surface area contributed by atoms with Gasteiger partial charge in [-0.3, -0.25) is 9.59 Å². The second kappa shape index (κ2) is 6.48. The van der Waals surface area contributed by atoms with E-state index in [1.807, 2.05) is 31.2 Å². The van der Waals surface area contributed by atoms with Gasteiger partial charge < -0.3 is 5.32 Å². The number of amides is 1. The van der Waals surface area contributed by atoms with Gasteiger partial charge >= 0.3 is 0 Å². The summed E-state index contributed by atoms with van der Waals surface area (Å²) >= 11 is 0. The van der Waals surface area contributed by atoms with Gasteiger partial charge in [0.1, 0.15) is 5.82 Å². The molecule has 5 heteroatoms. The Morgan fingerprint density at radius 3 is 2.52 bits per heavy atom. The normalized spacial score (nSPS) is 15.7. The zero-order chi connectivity index (χ0) is 18.0. The molecule has 0 heterocycles. The molecule has 1 fully saturated rings. The van der Waals surface area contributed by atoms with Crippen molar-refractivity contribution in [3.63, 3.8) is 0 Å². The Morgan fingerprint density at radius 2 is 1.92 bits per heavy atom. The lowest BCUT2D eigenvalue weighted by Crippen LogP contribution is -2.36. The van der Waals surface area contributed by atoms with Crippen molar-refractivity contribution in [1.82, 2.24) is 0 Å². The van der Waals surface area contributed by atoms with Crippen LogP contribution in [0.15, 0.2) is 48.5 Å². The smallest absolute Gasteiger partial charge is 0.249 e. The first-order valence-corrected chi connectivity index (χ1v) is 8.04. The van der Waals surface area contributed by atoms with Crippen LogP contribution in [0.3, 0.4) is 0 Å². The van der Waals surface area contributed by atoms with Crippen LogP contribution >= 0.6 is 0 Å². The highest BCUT2D eigenvalue weighted by Gasteiger charge is 2.54. The summed E-state index contributed by atoms with van der Waals surface area (Å²) in [4.78, 5) is 25.3. The number of para-hydroxylation sites is 1. The standard InChI is InChI=1S/C20H17FN2O2/c1-13-5-4-6-14(11-13)20(9-10-20)18(24)15(12-22)19(25)23-17-8-3-2-7-16(17)21/h2-8,11,15H,9-10H2,1H3,(H,23,25)/t15-/m1/s1. The minimum atomic E-state index is -1.47. The van der Waals surface area contributed by atoms with Crippen LogP contribution in [-0.4, -0.2) is 11.7 Å². The molecule has 25 heavy (non-hydrogen) atoms. The van der Waals surface area contributed by atoms with Gasteiger partial charge in [0.15, 0.2) is 11.7 Å². The van der Waals surface area contributed by atoms with Gasteiger partial charge in [0.25, 0.3) is 0 Å². The number of nitrogens with one attached hydrogen (secondary N) is 1.